The highest BCUT2D eigenvalue weighted by molar-refractivity contribution is 8.16. The van der Waals surface area contributed by atoms with Crippen molar-refractivity contribution in [2.24, 2.45) is 10.2 Å². The molecule has 176 valence electrons. The van der Waals surface area contributed by atoms with E-state index in [1.54, 1.807) is 38.1 Å². The highest BCUT2D eigenvalue weighted by Crippen LogP contribution is 2.32. The number of carbonyl (C=O) groups is 1. The van der Waals surface area contributed by atoms with Gasteiger partial charge in [-0.15, -0.1) is 5.10 Å². The number of nitrogens with one attached hydrogen (secondary N) is 1. The Morgan fingerprint density at radius 3 is 2.47 bits per heavy atom. The third kappa shape index (κ3) is 5.07. The van der Waals surface area contributed by atoms with Gasteiger partial charge in [0.2, 0.25) is 5.91 Å². The smallest absolute Gasteiger partial charge is 0.339 e. The maximum absolute atomic E-state index is 13.0. The molecule has 0 bridgehead atoms. The summed E-state index contributed by atoms with van der Waals surface area (Å²) >= 11 is 1.27. The molecule has 1 amide bonds. The van der Waals surface area contributed by atoms with E-state index in [2.05, 4.69) is 15.5 Å². The van der Waals surface area contributed by atoms with Gasteiger partial charge in [0.25, 0.3) is 0 Å². The summed E-state index contributed by atoms with van der Waals surface area (Å²) in [7, 11) is -4.11. The minimum atomic E-state index is -4.11. The number of carbonyl (C=O) groups excluding carboxylic acids is 1. The molecule has 3 aromatic carbocycles. The van der Waals surface area contributed by atoms with Gasteiger partial charge in [-0.2, -0.15) is 13.5 Å². The van der Waals surface area contributed by atoms with E-state index in [9.17, 15) is 13.2 Å². The highest BCUT2D eigenvalue weighted by Gasteiger charge is 2.38. The predicted molar refractivity (Wildman–Crippen MR) is 134 cm³/mol. The van der Waals surface area contributed by atoms with E-state index in [1.807, 2.05) is 31.2 Å². The Morgan fingerprint density at radius 2 is 1.79 bits per heavy atom. The molecular weight excluding hydrogens is 474 g/mol. The molecule has 1 heterocycles. The lowest BCUT2D eigenvalue weighted by atomic mass is 10.0. The standard InChI is InChI=1S/C24H23N3O5S2/c1-4-31-17-10-12-18(13-11-17)34(29,30)32-21-14-9-16-7-5-6-8-19(16)20(21)15-25-27-23-26-22(28)24(2,3)33-23/h5-15H,4H2,1-3H3,(H,26,27,28)/b25-15-. The molecule has 0 spiro atoms. The topological polar surface area (TPSA) is 106 Å². The lowest BCUT2D eigenvalue weighted by Crippen LogP contribution is -2.30. The summed E-state index contributed by atoms with van der Waals surface area (Å²) in [5, 5.41) is 12.9. The number of nitrogens with zero attached hydrogens (tertiary/aromatic N) is 2. The van der Waals surface area contributed by atoms with E-state index in [-0.39, 0.29) is 16.6 Å². The number of amides is 1. The van der Waals surface area contributed by atoms with Gasteiger partial charge in [-0.25, -0.2) is 0 Å². The Bertz CT molecular complexity index is 1400. The number of hydrogen-bond acceptors (Lipinski definition) is 8. The van der Waals surface area contributed by atoms with E-state index in [0.29, 0.717) is 23.1 Å². The molecule has 1 aliphatic rings. The second-order valence-corrected chi connectivity index (χ2v) is 11.0. The number of rotatable bonds is 7. The third-order valence-corrected chi connectivity index (χ3v) is 7.33. The van der Waals surface area contributed by atoms with Crippen LogP contribution >= 0.6 is 11.8 Å². The van der Waals surface area contributed by atoms with Crippen LogP contribution in [-0.4, -0.2) is 37.1 Å². The molecule has 0 unspecified atom stereocenters. The van der Waals surface area contributed by atoms with E-state index >= 15 is 0 Å². The zero-order valence-corrected chi connectivity index (χ0v) is 20.4. The van der Waals surface area contributed by atoms with Crippen LogP contribution < -0.4 is 14.2 Å². The molecular formula is C24H23N3O5S2. The van der Waals surface area contributed by atoms with E-state index in [1.165, 1.54) is 30.1 Å². The van der Waals surface area contributed by atoms with Crippen molar-refractivity contribution in [2.75, 3.05) is 6.61 Å². The predicted octanol–water partition coefficient (Wildman–Crippen LogP) is 4.34. The summed E-state index contributed by atoms with van der Waals surface area (Å²) in [5.74, 6) is 0.529. The molecule has 0 radical (unpaired) electrons. The van der Waals surface area contributed by atoms with Crippen molar-refractivity contribution in [1.82, 2.24) is 5.32 Å². The van der Waals surface area contributed by atoms with Crippen LogP contribution in [0.1, 0.15) is 26.3 Å². The highest BCUT2D eigenvalue weighted by atomic mass is 32.2. The molecule has 1 N–H and O–H groups in total. The quantitative estimate of drug-likeness (QED) is 0.296. The Labute approximate surface area is 202 Å². The van der Waals surface area contributed by atoms with Crippen molar-refractivity contribution in [2.45, 2.75) is 30.4 Å². The van der Waals surface area contributed by atoms with Gasteiger partial charge < -0.3 is 14.2 Å². The second-order valence-electron chi connectivity index (χ2n) is 7.86. The maximum Gasteiger partial charge on any atom is 0.339 e. The largest absolute Gasteiger partial charge is 0.494 e. The van der Waals surface area contributed by atoms with Crippen molar-refractivity contribution in [3.8, 4) is 11.5 Å². The maximum atomic E-state index is 13.0. The number of hydrogen-bond donors (Lipinski definition) is 1. The lowest BCUT2D eigenvalue weighted by Gasteiger charge is -2.12. The van der Waals surface area contributed by atoms with Crippen molar-refractivity contribution < 1.29 is 22.1 Å². The normalized spacial score (nSPS) is 16.8. The zero-order valence-electron chi connectivity index (χ0n) is 18.8. The first-order valence-electron chi connectivity index (χ1n) is 10.5. The Kier molecular flexibility index (Phi) is 6.63. The molecule has 3 aromatic rings. The SMILES string of the molecule is CCOc1ccc(S(=O)(=O)Oc2ccc3ccccc3c2/C=N\N=C2\NC(=O)C(C)(C)S2)cc1. The van der Waals surface area contributed by atoms with Crippen LogP contribution in [0.4, 0.5) is 0 Å². The first-order valence-corrected chi connectivity index (χ1v) is 12.7. The fourth-order valence-electron chi connectivity index (χ4n) is 3.26. The van der Waals surface area contributed by atoms with Crippen LogP contribution in [-0.2, 0) is 14.9 Å². The van der Waals surface area contributed by atoms with Crippen LogP contribution in [0.5, 0.6) is 11.5 Å². The fourth-order valence-corrected chi connectivity index (χ4v) is 5.07. The molecule has 0 aromatic heterocycles. The average Bonchev–Trinajstić information content (AvgIpc) is 3.06. The molecule has 1 fully saturated rings. The summed E-state index contributed by atoms with van der Waals surface area (Å²) in [5.41, 5.74) is 0.450. The van der Waals surface area contributed by atoms with Gasteiger partial charge >= 0.3 is 10.1 Å². The summed E-state index contributed by atoms with van der Waals surface area (Å²) in [6.45, 7) is 5.91. The Hall–Kier alpha value is -3.37. The monoisotopic (exact) mass is 497 g/mol. The van der Waals surface area contributed by atoms with Gasteiger partial charge in [-0.3, -0.25) is 4.79 Å². The number of benzene rings is 3. The average molecular weight is 498 g/mol. The van der Waals surface area contributed by atoms with Crippen molar-refractivity contribution in [3.05, 3.63) is 66.2 Å². The number of thioether (sulfide) groups is 1. The molecule has 8 nitrogen and oxygen atoms in total. The summed E-state index contributed by atoms with van der Waals surface area (Å²) < 4.78 is 36.2. The van der Waals surface area contributed by atoms with E-state index in [4.69, 9.17) is 8.92 Å². The molecule has 10 heteroatoms. The minimum absolute atomic E-state index is 0.000423. The van der Waals surface area contributed by atoms with Gasteiger partial charge in [-0.05, 0) is 61.9 Å². The first-order chi connectivity index (χ1) is 16.2. The van der Waals surface area contributed by atoms with Crippen molar-refractivity contribution in [3.63, 3.8) is 0 Å². The van der Waals surface area contributed by atoms with Crippen LogP contribution in [0.25, 0.3) is 10.8 Å². The number of amidine groups is 1. The molecule has 0 aliphatic carbocycles. The lowest BCUT2D eigenvalue weighted by molar-refractivity contribution is -0.120. The zero-order chi connectivity index (χ0) is 24.3. The second kappa shape index (κ2) is 9.47. The Morgan fingerprint density at radius 1 is 1.06 bits per heavy atom. The minimum Gasteiger partial charge on any atom is -0.494 e. The summed E-state index contributed by atoms with van der Waals surface area (Å²) in [4.78, 5) is 12.0. The van der Waals surface area contributed by atoms with Crippen molar-refractivity contribution >= 4 is 49.9 Å². The van der Waals surface area contributed by atoms with Gasteiger partial charge in [0, 0.05) is 5.56 Å². The van der Waals surface area contributed by atoms with Gasteiger partial charge in [-0.1, -0.05) is 42.1 Å². The Balaban J connectivity index is 1.68. The molecule has 4 rings (SSSR count). The third-order valence-electron chi connectivity index (χ3n) is 5.01. The molecule has 0 saturated carbocycles. The van der Waals surface area contributed by atoms with E-state index < -0.39 is 14.9 Å². The molecule has 34 heavy (non-hydrogen) atoms. The first kappa shape index (κ1) is 23.8. The molecule has 0 atom stereocenters. The van der Waals surface area contributed by atoms with Crippen molar-refractivity contribution in [1.29, 1.82) is 0 Å². The van der Waals surface area contributed by atoms with Crippen LogP contribution in [0.2, 0.25) is 0 Å². The summed E-state index contributed by atoms with van der Waals surface area (Å²) in [6, 6.07) is 16.8. The van der Waals surface area contributed by atoms with Gasteiger partial charge in [0.1, 0.15) is 10.6 Å². The number of fused-ring (bicyclic) bond motifs is 1. The van der Waals surface area contributed by atoms with Crippen LogP contribution in [0.15, 0.2) is 75.8 Å². The summed E-state index contributed by atoms with van der Waals surface area (Å²) in [6.07, 6.45) is 1.43. The van der Waals surface area contributed by atoms with E-state index in [0.717, 1.165) is 10.8 Å². The van der Waals surface area contributed by atoms with Crippen LogP contribution in [0, 0.1) is 0 Å². The van der Waals surface area contributed by atoms with Gasteiger partial charge in [0.15, 0.2) is 10.9 Å². The number of ether oxygens (including phenoxy) is 1. The molecule has 1 aliphatic heterocycles. The fraction of sp³-hybridized carbons (Fsp3) is 0.208. The molecule has 1 saturated heterocycles. The van der Waals surface area contributed by atoms with Crippen LogP contribution in [0.3, 0.4) is 0 Å². The van der Waals surface area contributed by atoms with Gasteiger partial charge in [0.05, 0.1) is 17.6 Å².